The van der Waals surface area contributed by atoms with Crippen molar-refractivity contribution < 1.29 is 13.0 Å². The molecule has 6 heteroatoms. The fourth-order valence-electron chi connectivity index (χ4n) is 5.21. The Bertz CT molecular complexity index is 696. The molecule has 37 heavy (non-hydrogen) atoms. The monoisotopic (exact) mass is 566 g/mol. The molecule has 1 rings (SSSR count). The van der Waals surface area contributed by atoms with E-state index in [0.717, 1.165) is 18.6 Å². The van der Waals surface area contributed by atoms with Gasteiger partial charge in [0.05, 0.1) is 0 Å². The van der Waals surface area contributed by atoms with Crippen molar-refractivity contribution >= 4 is 25.2 Å². The van der Waals surface area contributed by atoms with Crippen molar-refractivity contribution in [2.24, 2.45) is 0 Å². The molecule has 0 aliphatic rings. The number of rotatable bonds is 22. The molecular weight excluding hydrogens is 505 g/mol. The highest BCUT2D eigenvalue weighted by Crippen LogP contribution is 2.29. The number of benzene rings is 1. The van der Waals surface area contributed by atoms with Gasteiger partial charge in [-0.15, -0.1) is 0 Å². The van der Waals surface area contributed by atoms with Gasteiger partial charge in [0, 0.05) is 0 Å². The third-order valence-electron chi connectivity index (χ3n) is 6.72. The average molecular weight is 567 g/mol. The van der Waals surface area contributed by atoms with Crippen LogP contribution in [0.4, 0.5) is 0 Å². The van der Waals surface area contributed by atoms with E-state index in [0.29, 0.717) is 0 Å². The van der Waals surface area contributed by atoms with E-state index in [2.05, 4.69) is 83.9 Å². The van der Waals surface area contributed by atoms with Crippen molar-refractivity contribution in [3.05, 3.63) is 29.8 Å². The lowest BCUT2D eigenvalue weighted by Gasteiger charge is -2.42. The van der Waals surface area contributed by atoms with Gasteiger partial charge in [-0.25, -0.2) is 0 Å². The molecule has 0 amide bonds. The van der Waals surface area contributed by atoms with Crippen LogP contribution in [0.2, 0.25) is 45.8 Å². The zero-order valence-electron chi connectivity index (χ0n) is 26.2. The number of unbranched alkanes of at least 4 members (excludes halogenated alkanes) is 12. The van der Waals surface area contributed by atoms with Crippen LogP contribution in [0.1, 0.15) is 109 Å². The lowest BCUT2D eigenvalue weighted by atomic mass is 10.0. The lowest BCUT2D eigenvalue weighted by molar-refractivity contribution is 0.205. The first kappa shape index (κ1) is 34.6. The third-order valence-corrected chi connectivity index (χ3v) is 16.6. The van der Waals surface area contributed by atoms with E-state index in [1.54, 1.807) is 0 Å². The van der Waals surface area contributed by atoms with Gasteiger partial charge in [0.1, 0.15) is 11.5 Å². The summed E-state index contributed by atoms with van der Waals surface area (Å²) in [6.45, 7) is 20.3. The molecule has 3 nitrogen and oxygen atoms in total. The fourth-order valence-corrected chi connectivity index (χ4v) is 17.6. The van der Waals surface area contributed by atoms with E-state index < -0.39 is 25.2 Å². The lowest BCUT2D eigenvalue weighted by Crippen LogP contribution is -2.61. The molecule has 1 atom stereocenters. The van der Waals surface area contributed by atoms with Crippen LogP contribution in [0.3, 0.4) is 0 Å². The van der Waals surface area contributed by atoms with Crippen LogP contribution in [-0.4, -0.2) is 30.9 Å². The van der Waals surface area contributed by atoms with Crippen molar-refractivity contribution in [1.29, 1.82) is 0 Å². The molecular formula is C31H62O3Si3. The van der Waals surface area contributed by atoms with Crippen molar-refractivity contribution in [1.82, 2.24) is 0 Å². The van der Waals surface area contributed by atoms with Gasteiger partial charge in [-0.3, -0.25) is 0 Å². The van der Waals surface area contributed by atoms with E-state index in [-0.39, 0.29) is 5.73 Å². The first-order valence-corrected chi connectivity index (χ1v) is 24.8. The van der Waals surface area contributed by atoms with Crippen molar-refractivity contribution in [3.8, 4) is 5.75 Å². The van der Waals surface area contributed by atoms with Gasteiger partial charge in [0.25, 0.3) is 0 Å². The minimum atomic E-state index is -2.51. The largest absolute Gasteiger partial charge is 0.489 e. The van der Waals surface area contributed by atoms with Gasteiger partial charge in [0.2, 0.25) is 0 Å². The van der Waals surface area contributed by atoms with Crippen LogP contribution in [0.15, 0.2) is 24.3 Å². The molecule has 0 N–H and O–H groups in total. The minimum absolute atomic E-state index is 0.00228. The summed E-state index contributed by atoms with van der Waals surface area (Å²) >= 11 is 0. The van der Waals surface area contributed by atoms with Gasteiger partial charge >= 0.3 is 8.56 Å². The van der Waals surface area contributed by atoms with E-state index in [9.17, 15) is 0 Å². The minimum Gasteiger partial charge on any atom is -0.489 e. The van der Waals surface area contributed by atoms with Crippen molar-refractivity contribution in [2.75, 3.05) is 0 Å². The molecule has 1 aromatic carbocycles. The summed E-state index contributed by atoms with van der Waals surface area (Å²) in [7, 11) is -6.04. The molecule has 0 aliphatic heterocycles. The van der Waals surface area contributed by atoms with E-state index in [1.165, 1.54) is 89.0 Å². The van der Waals surface area contributed by atoms with E-state index >= 15 is 0 Å². The van der Waals surface area contributed by atoms with Crippen LogP contribution >= 0.6 is 0 Å². The van der Waals surface area contributed by atoms with Crippen molar-refractivity contribution in [3.63, 3.8) is 0 Å². The molecule has 0 saturated carbocycles. The third kappa shape index (κ3) is 17.0. The van der Waals surface area contributed by atoms with Crippen LogP contribution in [0, 0.1) is 0 Å². The molecule has 0 heterocycles. The Morgan fingerprint density at radius 1 is 0.622 bits per heavy atom. The van der Waals surface area contributed by atoms with Gasteiger partial charge in [-0.1, -0.05) is 103 Å². The first-order chi connectivity index (χ1) is 17.4. The topological polar surface area (TPSA) is 27.7 Å². The predicted molar refractivity (Wildman–Crippen MR) is 171 cm³/mol. The van der Waals surface area contributed by atoms with E-state index in [4.69, 9.17) is 13.0 Å². The van der Waals surface area contributed by atoms with Gasteiger partial charge in [-0.2, -0.15) is 0 Å². The Morgan fingerprint density at radius 2 is 1.08 bits per heavy atom. The molecule has 1 aromatic rings. The smallest absolute Gasteiger partial charge is 0.356 e. The molecule has 216 valence electrons. The van der Waals surface area contributed by atoms with Crippen LogP contribution in [-0.2, 0) is 14.7 Å². The van der Waals surface area contributed by atoms with Gasteiger partial charge in [-0.05, 0) is 82.8 Å². The molecule has 0 fully saturated rings. The quantitative estimate of drug-likeness (QED) is 0.103. The number of hydrogen-bond donors (Lipinski definition) is 0. The second-order valence-electron chi connectivity index (χ2n) is 13.1. The SMILES string of the molecule is CCCCCCCCCCCCCCCc1cccc(OC(CC)[Si](C)(O[Si](C)(C)C)O[Si](C)(C)C)c1. The normalized spacial score (nSPS) is 13.6. The molecule has 0 aliphatic carbocycles. The molecule has 0 spiro atoms. The molecule has 1 unspecified atom stereocenters. The number of hydrogen-bond acceptors (Lipinski definition) is 3. The van der Waals surface area contributed by atoms with Gasteiger partial charge in [0.15, 0.2) is 16.6 Å². The van der Waals surface area contributed by atoms with Crippen LogP contribution < -0.4 is 4.74 Å². The Labute approximate surface area is 235 Å². The van der Waals surface area contributed by atoms with E-state index in [1.807, 2.05) is 0 Å². The maximum Gasteiger partial charge on any atom is 0.356 e. The van der Waals surface area contributed by atoms with Gasteiger partial charge < -0.3 is 13.0 Å². The highest BCUT2D eigenvalue weighted by atomic mass is 28.5. The number of aryl methyl sites for hydroxylation is 1. The summed E-state index contributed by atoms with van der Waals surface area (Å²) < 4.78 is 20.2. The maximum atomic E-state index is 6.78. The molecule has 0 saturated heterocycles. The highest BCUT2D eigenvalue weighted by Gasteiger charge is 2.48. The molecule has 0 bridgehead atoms. The first-order valence-electron chi connectivity index (χ1n) is 15.5. The molecule has 0 aromatic heterocycles. The summed E-state index contributed by atoms with van der Waals surface area (Å²) in [5.74, 6) is 0.969. The Kier molecular flexibility index (Phi) is 16.9. The Morgan fingerprint density at radius 3 is 1.51 bits per heavy atom. The van der Waals surface area contributed by atoms with Crippen molar-refractivity contribution in [2.45, 2.75) is 162 Å². The summed E-state index contributed by atoms with van der Waals surface area (Å²) in [5, 5.41) is 0. The Balaban J connectivity index is 2.45. The Hall–Kier alpha value is -0.409. The molecule has 0 radical (unpaired) electrons. The standard InChI is InChI=1S/C31H62O3Si3/c1-10-12-13-14-15-16-17-18-19-20-21-22-23-25-29-26-24-27-30(28-29)32-31(11-2)37(9,33-35(3,4)5)34-36(6,7)8/h24,26-28,31H,10-23,25H2,1-9H3. The fraction of sp³-hybridized carbons (Fsp3) is 0.806. The zero-order chi connectivity index (χ0) is 27.8. The number of ether oxygens (including phenoxy) is 1. The highest BCUT2D eigenvalue weighted by molar-refractivity contribution is 6.88. The predicted octanol–water partition coefficient (Wildman–Crippen LogP) is 10.8. The zero-order valence-corrected chi connectivity index (χ0v) is 29.2. The summed E-state index contributed by atoms with van der Waals surface area (Å²) in [6.07, 6.45) is 20.2. The summed E-state index contributed by atoms with van der Waals surface area (Å²) in [4.78, 5) is 0. The second kappa shape index (κ2) is 18.0. The van der Waals surface area contributed by atoms with Crippen LogP contribution in [0.5, 0.6) is 5.75 Å². The maximum absolute atomic E-state index is 6.78. The second-order valence-corrected chi connectivity index (χ2v) is 25.9. The van der Waals surface area contributed by atoms with Crippen LogP contribution in [0.25, 0.3) is 0 Å². The summed E-state index contributed by atoms with van der Waals surface area (Å²) in [6, 6.07) is 8.76. The summed E-state index contributed by atoms with van der Waals surface area (Å²) in [5.41, 5.74) is 1.38. The average Bonchev–Trinajstić information content (AvgIpc) is 2.78.